The molecule has 0 saturated carbocycles. The van der Waals surface area contributed by atoms with Crippen LogP contribution in [-0.2, 0) is 0 Å². The molecule has 6 heteroatoms. The number of nitriles is 1. The topological polar surface area (TPSA) is 66.9 Å². The van der Waals surface area contributed by atoms with Gasteiger partial charge in [-0.1, -0.05) is 11.8 Å². The Kier molecular flexibility index (Phi) is 3.78. The molecule has 0 unspecified atom stereocenters. The Bertz CT molecular complexity index is 665. The number of hydrogen-bond donors (Lipinski definition) is 0. The van der Waals surface area contributed by atoms with Gasteiger partial charge in [0.25, 0.3) is 5.69 Å². The van der Waals surface area contributed by atoms with Crippen molar-refractivity contribution in [3.05, 3.63) is 64.0 Å². The lowest BCUT2D eigenvalue weighted by molar-refractivity contribution is -0.384. The van der Waals surface area contributed by atoms with Crippen molar-refractivity contribution in [2.75, 3.05) is 0 Å². The number of benzene rings is 2. The molecule has 0 N–H and O–H groups in total. The van der Waals surface area contributed by atoms with E-state index >= 15 is 0 Å². The smallest absolute Gasteiger partial charge is 0.258 e. The maximum atomic E-state index is 12.8. The monoisotopic (exact) mass is 274 g/mol. The molecule has 0 amide bonds. The van der Waals surface area contributed by atoms with Crippen LogP contribution in [0.1, 0.15) is 5.56 Å². The van der Waals surface area contributed by atoms with E-state index in [1.807, 2.05) is 6.07 Å². The predicted octanol–water partition coefficient (Wildman–Crippen LogP) is 3.76. The summed E-state index contributed by atoms with van der Waals surface area (Å²) >= 11 is 1.26. The molecule has 0 atom stereocenters. The zero-order chi connectivity index (χ0) is 13.8. The summed E-state index contributed by atoms with van der Waals surface area (Å²) in [6, 6.07) is 11.8. The van der Waals surface area contributed by atoms with E-state index in [4.69, 9.17) is 5.26 Å². The molecule has 0 saturated heterocycles. The quantitative estimate of drug-likeness (QED) is 0.631. The first-order chi connectivity index (χ1) is 9.10. The van der Waals surface area contributed by atoms with Gasteiger partial charge in [-0.25, -0.2) is 4.39 Å². The van der Waals surface area contributed by atoms with Gasteiger partial charge in [-0.2, -0.15) is 5.26 Å². The lowest BCUT2D eigenvalue weighted by Crippen LogP contribution is -1.90. The van der Waals surface area contributed by atoms with Crippen LogP contribution in [0.3, 0.4) is 0 Å². The number of nitro benzene ring substituents is 1. The van der Waals surface area contributed by atoms with Gasteiger partial charge in [-0.05, 0) is 30.3 Å². The van der Waals surface area contributed by atoms with Gasteiger partial charge in [0.05, 0.1) is 10.5 Å². The van der Waals surface area contributed by atoms with E-state index in [1.165, 1.54) is 42.1 Å². The highest BCUT2D eigenvalue weighted by Crippen LogP contribution is 2.32. The molecule has 2 aromatic rings. The van der Waals surface area contributed by atoms with E-state index in [0.717, 1.165) is 4.90 Å². The Hall–Kier alpha value is -2.39. The summed E-state index contributed by atoms with van der Waals surface area (Å²) in [6.07, 6.45) is 0. The number of hydrogen-bond acceptors (Lipinski definition) is 4. The molecule has 19 heavy (non-hydrogen) atoms. The van der Waals surface area contributed by atoms with E-state index in [2.05, 4.69) is 0 Å². The Balaban J connectivity index is 2.33. The summed E-state index contributed by atoms with van der Waals surface area (Å²) in [5.41, 5.74) is 0.100. The molecule has 2 rings (SSSR count). The molecule has 0 aliphatic rings. The fourth-order valence-corrected chi connectivity index (χ4v) is 2.31. The highest BCUT2D eigenvalue weighted by molar-refractivity contribution is 7.99. The van der Waals surface area contributed by atoms with Crippen LogP contribution in [0.4, 0.5) is 10.1 Å². The molecule has 0 bridgehead atoms. The summed E-state index contributed by atoms with van der Waals surface area (Å²) in [4.78, 5) is 11.4. The molecule has 94 valence electrons. The summed E-state index contributed by atoms with van der Waals surface area (Å²) in [5.74, 6) is -0.339. The maximum absolute atomic E-state index is 12.8. The van der Waals surface area contributed by atoms with Crippen LogP contribution in [-0.4, -0.2) is 4.92 Å². The van der Waals surface area contributed by atoms with E-state index in [1.54, 1.807) is 12.1 Å². The Morgan fingerprint density at radius 2 is 1.89 bits per heavy atom. The molecule has 4 nitrogen and oxygen atoms in total. The zero-order valence-electron chi connectivity index (χ0n) is 9.54. The van der Waals surface area contributed by atoms with Crippen molar-refractivity contribution >= 4 is 17.4 Å². The van der Waals surface area contributed by atoms with Crippen molar-refractivity contribution in [1.82, 2.24) is 0 Å². The van der Waals surface area contributed by atoms with E-state index in [-0.39, 0.29) is 17.1 Å². The number of non-ortho nitro benzene ring substituents is 1. The maximum Gasteiger partial charge on any atom is 0.270 e. The highest BCUT2D eigenvalue weighted by Gasteiger charge is 2.11. The third kappa shape index (κ3) is 3.09. The van der Waals surface area contributed by atoms with Crippen LogP contribution in [0.2, 0.25) is 0 Å². The normalized spacial score (nSPS) is 9.89. The van der Waals surface area contributed by atoms with Gasteiger partial charge in [0.15, 0.2) is 0 Å². The first kappa shape index (κ1) is 13.1. The standard InChI is InChI=1S/C13H7FN2O2S/c14-10-1-4-12(5-2-10)19-13-6-3-11(16(17)18)7-9(13)8-15/h1-7H. The van der Waals surface area contributed by atoms with Crippen molar-refractivity contribution in [1.29, 1.82) is 5.26 Å². The van der Waals surface area contributed by atoms with Crippen molar-refractivity contribution in [3.63, 3.8) is 0 Å². The summed E-state index contributed by atoms with van der Waals surface area (Å²) in [5, 5.41) is 19.6. The Morgan fingerprint density at radius 1 is 1.21 bits per heavy atom. The third-order valence-corrected chi connectivity index (χ3v) is 3.42. The molecular formula is C13H7FN2O2S. The minimum atomic E-state index is -0.548. The molecule has 0 aliphatic heterocycles. The van der Waals surface area contributed by atoms with Crippen molar-refractivity contribution < 1.29 is 9.31 Å². The highest BCUT2D eigenvalue weighted by atomic mass is 32.2. The third-order valence-electron chi connectivity index (χ3n) is 2.34. The summed E-state index contributed by atoms with van der Waals surface area (Å²) in [6.45, 7) is 0. The van der Waals surface area contributed by atoms with Gasteiger partial charge >= 0.3 is 0 Å². The Morgan fingerprint density at radius 3 is 2.47 bits per heavy atom. The molecule has 0 spiro atoms. The number of nitro groups is 1. The fraction of sp³-hybridized carbons (Fsp3) is 0. The van der Waals surface area contributed by atoms with Crippen molar-refractivity contribution in [3.8, 4) is 6.07 Å². The average molecular weight is 274 g/mol. The second-order valence-corrected chi connectivity index (χ2v) is 4.72. The van der Waals surface area contributed by atoms with Crippen LogP contribution in [0, 0.1) is 27.3 Å². The molecule has 2 aromatic carbocycles. The first-order valence-electron chi connectivity index (χ1n) is 5.22. The predicted molar refractivity (Wildman–Crippen MR) is 68.3 cm³/mol. The van der Waals surface area contributed by atoms with E-state index < -0.39 is 4.92 Å². The van der Waals surface area contributed by atoms with Crippen LogP contribution in [0.5, 0.6) is 0 Å². The van der Waals surface area contributed by atoms with Crippen molar-refractivity contribution in [2.24, 2.45) is 0 Å². The number of nitrogens with zero attached hydrogens (tertiary/aromatic N) is 2. The summed E-state index contributed by atoms with van der Waals surface area (Å²) < 4.78 is 12.8. The van der Waals surface area contributed by atoms with Crippen LogP contribution in [0.15, 0.2) is 52.3 Å². The Labute approximate surface area is 112 Å². The lowest BCUT2D eigenvalue weighted by Gasteiger charge is -2.03. The average Bonchev–Trinajstić information content (AvgIpc) is 2.41. The molecular weight excluding hydrogens is 267 g/mol. The lowest BCUT2D eigenvalue weighted by atomic mass is 10.2. The van der Waals surface area contributed by atoms with Gasteiger partial charge in [0.1, 0.15) is 11.9 Å². The molecule has 0 aliphatic carbocycles. The fourth-order valence-electron chi connectivity index (χ4n) is 1.44. The second-order valence-electron chi connectivity index (χ2n) is 3.61. The number of rotatable bonds is 3. The van der Waals surface area contributed by atoms with Crippen LogP contribution < -0.4 is 0 Å². The molecule has 0 aromatic heterocycles. The molecule has 0 fully saturated rings. The van der Waals surface area contributed by atoms with Gasteiger partial charge < -0.3 is 0 Å². The molecule has 0 heterocycles. The van der Waals surface area contributed by atoms with Crippen LogP contribution in [0.25, 0.3) is 0 Å². The number of halogens is 1. The van der Waals surface area contributed by atoms with Gasteiger partial charge in [0, 0.05) is 21.9 Å². The minimum Gasteiger partial charge on any atom is -0.258 e. The van der Waals surface area contributed by atoms with E-state index in [9.17, 15) is 14.5 Å². The SMILES string of the molecule is N#Cc1cc([N+](=O)[O-])ccc1Sc1ccc(F)cc1. The summed E-state index contributed by atoms with van der Waals surface area (Å²) in [7, 11) is 0. The van der Waals surface area contributed by atoms with Crippen LogP contribution >= 0.6 is 11.8 Å². The van der Waals surface area contributed by atoms with Crippen molar-refractivity contribution in [2.45, 2.75) is 9.79 Å². The minimum absolute atomic E-state index is 0.125. The van der Waals surface area contributed by atoms with Gasteiger partial charge in [-0.3, -0.25) is 10.1 Å². The van der Waals surface area contributed by atoms with E-state index in [0.29, 0.717) is 4.90 Å². The molecule has 0 radical (unpaired) electrons. The second kappa shape index (κ2) is 5.50. The first-order valence-corrected chi connectivity index (χ1v) is 6.04. The van der Waals surface area contributed by atoms with Gasteiger partial charge in [0.2, 0.25) is 0 Å². The zero-order valence-corrected chi connectivity index (χ0v) is 10.4. The van der Waals surface area contributed by atoms with Gasteiger partial charge in [-0.15, -0.1) is 0 Å². The largest absolute Gasteiger partial charge is 0.270 e.